The molecule has 0 radical (unpaired) electrons. The molecule has 5 nitrogen and oxygen atoms in total. The monoisotopic (exact) mass is 282 g/mol. The molecule has 1 unspecified atom stereocenters. The van der Waals surface area contributed by atoms with Gasteiger partial charge in [0.1, 0.15) is 0 Å². The Morgan fingerprint density at radius 1 is 1.25 bits per heavy atom. The zero-order valence-corrected chi connectivity index (χ0v) is 13.6. The van der Waals surface area contributed by atoms with Crippen molar-refractivity contribution in [2.75, 3.05) is 13.7 Å². The van der Waals surface area contributed by atoms with Crippen LogP contribution in [0.1, 0.15) is 65.1 Å². The highest BCUT2D eigenvalue weighted by Crippen LogP contribution is 2.34. The number of rotatable bonds is 10. The third-order valence-electron chi connectivity index (χ3n) is 4.11. The van der Waals surface area contributed by atoms with E-state index in [0.29, 0.717) is 0 Å². The van der Waals surface area contributed by atoms with Gasteiger partial charge in [-0.05, 0) is 32.2 Å². The Kier molecular flexibility index (Phi) is 7.16. The maximum Gasteiger partial charge on any atom is 0.0883 e. The van der Waals surface area contributed by atoms with E-state index in [9.17, 15) is 0 Å². The van der Waals surface area contributed by atoms with Crippen molar-refractivity contribution in [1.29, 1.82) is 0 Å². The van der Waals surface area contributed by atoms with E-state index in [1.165, 1.54) is 0 Å². The number of methoxy groups -OCH3 is 1. The molecule has 0 bridgehead atoms. The summed E-state index contributed by atoms with van der Waals surface area (Å²) in [5.74, 6) is 0. The van der Waals surface area contributed by atoms with Gasteiger partial charge in [0.25, 0.3) is 0 Å². The number of nitrogens with one attached hydrogen (secondary N) is 1. The topological polar surface area (TPSA) is 52.0 Å². The second-order valence-corrected chi connectivity index (χ2v) is 5.25. The molecular weight excluding hydrogens is 252 g/mol. The highest BCUT2D eigenvalue weighted by Gasteiger charge is 2.38. The standard InChI is InChI=1S/C15H30N4O/c1-6-10-16-14(15(8-3,9-4)20-5)13-12-17-18-19(13)11-7-2/h12,14,16H,6-11H2,1-5H3. The van der Waals surface area contributed by atoms with Crippen LogP contribution in [0.3, 0.4) is 0 Å². The largest absolute Gasteiger partial charge is 0.376 e. The lowest BCUT2D eigenvalue weighted by molar-refractivity contribution is -0.0506. The summed E-state index contributed by atoms with van der Waals surface area (Å²) in [6.07, 6.45) is 5.94. The van der Waals surface area contributed by atoms with E-state index in [1.54, 1.807) is 0 Å². The van der Waals surface area contributed by atoms with Crippen LogP contribution < -0.4 is 5.32 Å². The van der Waals surface area contributed by atoms with Gasteiger partial charge in [-0.1, -0.05) is 32.9 Å². The summed E-state index contributed by atoms with van der Waals surface area (Å²) in [6, 6.07) is 0.129. The smallest absolute Gasteiger partial charge is 0.0883 e. The van der Waals surface area contributed by atoms with Crippen molar-refractivity contribution in [2.24, 2.45) is 0 Å². The molecule has 1 atom stereocenters. The van der Waals surface area contributed by atoms with Crippen molar-refractivity contribution < 1.29 is 4.74 Å². The minimum atomic E-state index is -0.206. The molecule has 0 aliphatic heterocycles. The molecule has 20 heavy (non-hydrogen) atoms. The summed E-state index contributed by atoms with van der Waals surface area (Å²) in [6.45, 7) is 10.6. The van der Waals surface area contributed by atoms with Crippen molar-refractivity contribution in [3.63, 3.8) is 0 Å². The molecule has 0 spiro atoms. The number of hydrogen-bond acceptors (Lipinski definition) is 4. The van der Waals surface area contributed by atoms with Gasteiger partial charge in [-0.3, -0.25) is 0 Å². The van der Waals surface area contributed by atoms with Crippen LogP contribution in [0.4, 0.5) is 0 Å². The molecular formula is C15H30N4O. The Bertz CT molecular complexity index is 365. The van der Waals surface area contributed by atoms with Gasteiger partial charge in [0, 0.05) is 13.7 Å². The Morgan fingerprint density at radius 2 is 1.95 bits per heavy atom. The minimum absolute atomic E-state index is 0.129. The van der Waals surface area contributed by atoms with Crippen LogP contribution in [0.25, 0.3) is 0 Å². The van der Waals surface area contributed by atoms with Crippen LogP contribution in [0.15, 0.2) is 6.20 Å². The summed E-state index contributed by atoms with van der Waals surface area (Å²) < 4.78 is 7.93. The van der Waals surface area contributed by atoms with Crippen LogP contribution in [-0.2, 0) is 11.3 Å². The van der Waals surface area contributed by atoms with Gasteiger partial charge >= 0.3 is 0 Å². The number of nitrogens with zero attached hydrogens (tertiary/aromatic N) is 3. The summed E-state index contributed by atoms with van der Waals surface area (Å²) >= 11 is 0. The molecule has 1 heterocycles. The first kappa shape index (κ1) is 17.1. The second kappa shape index (κ2) is 8.37. The van der Waals surface area contributed by atoms with Crippen LogP contribution >= 0.6 is 0 Å². The highest BCUT2D eigenvalue weighted by atomic mass is 16.5. The molecule has 116 valence electrons. The fourth-order valence-corrected chi connectivity index (χ4v) is 2.79. The van der Waals surface area contributed by atoms with Gasteiger partial charge in [0.15, 0.2) is 0 Å². The lowest BCUT2D eigenvalue weighted by Crippen LogP contribution is -2.46. The molecule has 0 fully saturated rings. The Hall–Kier alpha value is -0.940. The molecule has 0 aliphatic rings. The van der Waals surface area contributed by atoms with E-state index >= 15 is 0 Å². The van der Waals surface area contributed by atoms with E-state index in [4.69, 9.17) is 4.74 Å². The predicted molar refractivity (Wildman–Crippen MR) is 81.7 cm³/mol. The molecule has 0 aromatic carbocycles. The zero-order chi connectivity index (χ0) is 15.0. The first-order chi connectivity index (χ1) is 9.68. The quantitative estimate of drug-likeness (QED) is 0.717. The van der Waals surface area contributed by atoms with Crippen molar-refractivity contribution >= 4 is 0 Å². The molecule has 1 aromatic rings. The number of hydrogen-bond donors (Lipinski definition) is 1. The van der Waals surface area contributed by atoms with Gasteiger partial charge in [-0.25, -0.2) is 4.68 Å². The van der Waals surface area contributed by atoms with Crippen molar-refractivity contribution in [1.82, 2.24) is 20.3 Å². The molecule has 1 aromatic heterocycles. The van der Waals surface area contributed by atoms with Gasteiger partial charge in [-0.2, -0.15) is 0 Å². The average Bonchev–Trinajstić information content (AvgIpc) is 2.92. The minimum Gasteiger partial charge on any atom is -0.376 e. The summed E-state index contributed by atoms with van der Waals surface area (Å²) in [4.78, 5) is 0. The van der Waals surface area contributed by atoms with Crippen molar-refractivity contribution in [3.8, 4) is 0 Å². The Morgan fingerprint density at radius 3 is 2.45 bits per heavy atom. The van der Waals surface area contributed by atoms with Crippen LogP contribution in [-0.4, -0.2) is 34.2 Å². The van der Waals surface area contributed by atoms with Gasteiger partial charge < -0.3 is 10.1 Å². The number of aromatic nitrogens is 3. The van der Waals surface area contributed by atoms with Crippen LogP contribution in [0, 0.1) is 0 Å². The normalized spacial score (nSPS) is 13.7. The van der Waals surface area contributed by atoms with Gasteiger partial charge in [0.2, 0.25) is 0 Å². The Balaban J connectivity index is 3.12. The lowest BCUT2D eigenvalue weighted by atomic mass is 9.86. The van der Waals surface area contributed by atoms with E-state index in [1.807, 2.05) is 18.0 Å². The molecule has 5 heteroatoms. The predicted octanol–water partition coefficient (Wildman–Crippen LogP) is 2.93. The van der Waals surface area contributed by atoms with Gasteiger partial charge in [-0.15, -0.1) is 5.10 Å². The van der Waals surface area contributed by atoms with Crippen molar-refractivity contribution in [2.45, 2.75) is 71.6 Å². The maximum absolute atomic E-state index is 5.92. The fourth-order valence-electron chi connectivity index (χ4n) is 2.79. The third kappa shape index (κ3) is 3.58. The van der Waals surface area contributed by atoms with E-state index < -0.39 is 0 Å². The molecule has 0 saturated carbocycles. The van der Waals surface area contributed by atoms with E-state index in [-0.39, 0.29) is 11.6 Å². The van der Waals surface area contributed by atoms with Crippen LogP contribution in [0.5, 0.6) is 0 Å². The fraction of sp³-hybridized carbons (Fsp3) is 0.867. The maximum atomic E-state index is 5.92. The lowest BCUT2D eigenvalue weighted by Gasteiger charge is -2.39. The molecule has 1 N–H and O–H groups in total. The molecule has 0 saturated heterocycles. The SMILES string of the molecule is CCCNC(c1cnnn1CCC)C(CC)(CC)OC. The van der Waals surface area contributed by atoms with Gasteiger partial charge in [0.05, 0.1) is 23.5 Å². The molecule has 0 aliphatic carbocycles. The van der Waals surface area contributed by atoms with Crippen molar-refractivity contribution in [3.05, 3.63) is 11.9 Å². The first-order valence-corrected chi connectivity index (χ1v) is 7.85. The second-order valence-electron chi connectivity index (χ2n) is 5.25. The number of ether oxygens (including phenoxy) is 1. The third-order valence-corrected chi connectivity index (χ3v) is 4.11. The number of aryl methyl sites for hydroxylation is 1. The van der Waals surface area contributed by atoms with Crippen LogP contribution in [0.2, 0.25) is 0 Å². The highest BCUT2D eigenvalue weighted by molar-refractivity contribution is 5.10. The molecule has 0 amide bonds. The summed E-state index contributed by atoms with van der Waals surface area (Å²) in [5.41, 5.74) is 0.924. The average molecular weight is 282 g/mol. The summed E-state index contributed by atoms with van der Waals surface area (Å²) in [7, 11) is 1.81. The Labute approximate surface area is 123 Å². The van der Waals surface area contributed by atoms with E-state index in [0.717, 1.165) is 44.5 Å². The summed E-state index contributed by atoms with van der Waals surface area (Å²) in [5, 5.41) is 12.0. The van der Waals surface area contributed by atoms with E-state index in [2.05, 4.69) is 43.3 Å². The molecule has 1 rings (SSSR count). The first-order valence-electron chi connectivity index (χ1n) is 7.85. The zero-order valence-electron chi connectivity index (χ0n) is 13.6.